The number of carboxylic acid groups (broad SMARTS) is 1. The normalized spacial score (nSPS) is 12.5. The fourth-order valence-corrected chi connectivity index (χ4v) is 3.04. The van der Waals surface area contributed by atoms with Gasteiger partial charge in [0.25, 0.3) is 5.91 Å². The summed E-state index contributed by atoms with van der Waals surface area (Å²) in [5, 5.41) is 16.7. The monoisotopic (exact) mass is 384 g/mol. The van der Waals surface area contributed by atoms with Gasteiger partial charge >= 0.3 is 5.97 Å². The van der Waals surface area contributed by atoms with E-state index in [4.69, 9.17) is 14.5 Å². The Balaban J connectivity index is 2.11. The molecular formula is C20H24N4O4. The molecule has 0 bridgehead atoms. The Morgan fingerprint density at radius 3 is 2.54 bits per heavy atom. The second-order valence-electron chi connectivity index (χ2n) is 7.25. The number of aryl methyl sites for hydroxylation is 2. The van der Waals surface area contributed by atoms with Gasteiger partial charge in [-0.05, 0) is 39.8 Å². The zero-order valence-corrected chi connectivity index (χ0v) is 16.6. The van der Waals surface area contributed by atoms with E-state index in [9.17, 15) is 9.59 Å². The molecule has 3 aromatic rings. The van der Waals surface area contributed by atoms with E-state index in [1.54, 1.807) is 23.9 Å². The Hall–Kier alpha value is -3.16. The van der Waals surface area contributed by atoms with Crippen LogP contribution < -0.4 is 5.32 Å². The summed E-state index contributed by atoms with van der Waals surface area (Å²) in [6.07, 6.45) is 1.62. The summed E-state index contributed by atoms with van der Waals surface area (Å²) in [5.74, 6) is -0.530. The molecule has 0 fully saturated rings. The van der Waals surface area contributed by atoms with E-state index in [2.05, 4.69) is 10.4 Å². The van der Waals surface area contributed by atoms with Crippen LogP contribution in [0.5, 0.6) is 0 Å². The number of fused-ring (bicyclic) bond motifs is 1. The lowest BCUT2D eigenvalue weighted by Crippen LogP contribution is -2.31. The number of rotatable bonds is 6. The van der Waals surface area contributed by atoms with E-state index in [0.717, 1.165) is 11.3 Å². The van der Waals surface area contributed by atoms with E-state index in [0.29, 0.717) is 28.1 Å². The number of hydrogen-bond acceptors (Lipinski definition) is 5. The van der Waals surface area contributed by atoms with Crippen molar-refractivity contribution in [1.29, 1.82) is 0 Å². The molecule has 8 heteroatoms. The van der Waals surface area contributed by atoms with Crippen LogP contribution in [0.15, 0.2) is 22.7 Å². The van der Waals surface area contributed by atoms with Crippen molar-refractivity contribution in [3.05, 3.63) is 35.4 Å². The Labute approximate surface area is 162 Å². The number of aliphatic carboxylic acids is 1. The van der Waals surface area contributed by atoms with Gasteiger partial charge in [-0.2, -0.15) is 5.10 Å². The van der Waals surface area contributed by atoms with Crippen molar-refractivity contribution in [2.45, 2.75) is 40.7 Å². The first kappa shape index (κ1) is 19.6. The molecule has 0 spiro atoms. The quantitative estimate of drug-likeness (QED) is 0.674. The van der Waals surface area contributed by atoms with Crippen LogP contribution >= 0.6 is 0 Å². The van der Waals surface area contributed by atoms with E-state index in [1.807, 2.05) is 33.8 Å². The topological polar surface area (TPSA) is 110 Å². The Bertz CT molecular complexity index is 1050. The van der Waals surface area contributed by atoms with Gasteiger partial charge in [-0.1, -0.05) is 6.92 Å². The molecule has 1 atom stereocenters. The Kier molecular flexibility index (Phi) is 5.22. The maximum absolute atomic E-state index is 12.8. The van der Waals surface area contributed by atoms with Crippen LogP contribution in [0.1, 0.15) is 48.7 Å². The predicted molar refractivity (Wildman–Crippen MR) is 104 cm³/mol. The zero-order valence-electron chi connectivity index (χ0n) is 16.6. The molecule has 8 nitrogen and oxygen atoms in total. The molecule has 3 aromatic heterocycles. The number of carboxylic acids is 1. The molecule has 0 radical (unpaired) electrons. The van der Waals surface area contributed by atoms with E-state index in [-0.39, 0.29) is 18.5 Å². The molecule has 0 aliphatic heterocycles. The number of aromatic nitrogens is 3. The van der Waals surface area contributed by atoms with Crippen LogP contribution in [0.25, 0.3) is 22.3 Å². The fourth-order valence-electron chi connectivity index (χ4n) is 3.04. The summed E-state index contributed by atoms with van der Waals surface area (Å²) in [5.41, 5.74) is 2.43. The summed E-state index contributed by atoms with van der Waals surface area (Å²) >= 11 is 0. The molecule has 1 unspecified atom stereocenters. The largest absolute Gasteiger partial charge is 0.481 e. The second kappa shape index (κ2) is 7.46. The molecule has 0 aliphatic carbocycles. The number of carbonyl (C=O) groups excluding carboxylic acids is 1. The summed E-state index contributed by atoms with van der Waals surface area (Å²) in [4.78, 5) is 28.6. The SMILES string of the molecule is Cc1cc(-c2cc(C(=O)NCC(C)C(=O)O)c3cnn(C(C)C)c3n2)c(C)o1. The maximum atomic E-state index is 12.8. The van der Waals surface area contributed by atoms with Crippen molar-refractivity contribution >= 4 is 22.9 Å². The maximum Gasteiger partial charge on any atom is 0.308 e. The third-order valence-electron chi connectivity index (χ3n) is 4.61. The summed E-state index contributed by atoms with van der Waals surface area (Å²) in [6.45, 7) is 9.27. The molecule has 28 heavy (non-hydrogen) atoms. The fraction of sp³-hybridized carbons (Fsp3) is 0.400. The van der Waals surface area contributed by atoms with Gasteiger partial charge < -0.3 is 14.8 Å². The van der Waals surface area contributed by atoms with Gasteiger partial charge in [0.2, 0.25) is 0 Å². The lowest BCUT2D eigenvalue weighted by Gasteiger charge is -2.12. The van der Waals surface area contributed by atoms with E-state index < -0.39 is 11.9 Å². The molecule has 0 aliphatic rings. The molecule has 3 rings (SSSR count). The average Bonchev–Trinajstić information content (AvgIpc) is 3.20. The molecule has 0 saturated heterocycles. The Morgan fingerprint density at radius 2 is 1.96 bits per heavy atom. The first-order valence-electron chi connectivity index (χ1n) is 9.15. The summed E-state index contributed by atoms with van der Waals surface area (Å²) in [7, 11) is 0. The van der Waals surface area contributed by atoms with E-state index in [1.165, 1.54) is 0 Å². The number of nitrogens with one attached hydrogen (secondary N) is 1. The number of hydrogen-bond donors (Lipinski definition) is 2. The minimum Gasteiger partial charge on any atom is -0.481 e. The smallest absolute Gasteiger partial charge is 0.308 e. The molecule has 0 aromatic carbocycles. The van der Waals surface area contributed by atoms with Crippen molar-refractivity contribution in [2.75, 3.05) is 6.54 Å². The van der Waals surface area contributed by atoms with Gasteiger partial charge in [-0.15, -0.1) is 0 Å². The van der Waals surface area contributed by atoms with Gasteiger partial charge in [-0.25, -0.2) is 9.67 Å². The highest BCUT2D eigenvalue weighted by Crippen LogP contribution is 2.30. The van der Waals surface area contributed by atoms with Crippen LogP contribution in [0.4, 0.5) is 0 Å². The molecular weight excluding hydrogens is 360 g/mol. The van der Waals surface area contributed by atoms with Crippen LogP contribution in [0.2, 0.25) is 0 Å². The molecule has 0 saturated carbocycles. The lowest BCUT2D eigenvalue weighted by atomic mass is 10.1. The van der Waals surface area contributed by atoms with Crippen LogP contribution in [0, 0.1) is 19.8 Å². The molecule has 2 N–H and O–H groups in total. The van der Waals surface area contributed by atoms with Gasteiger partial charge in [0.15, 0.2) is 5.65 Å². The second-order valence-corrected chi connectivity index (χ2v) is 7.25. The van der Waals surface area contributed by atoms with Crippen molar-refractivity contribution in [2.24, 2.45) is 5.92 Å². The summed E-state index contributed by atoms with van der Waals surface area (Å²) < 4.78 is 7.38. The highest BCUT2D eigenvalue weighted by atomic mass is 16.4. The summed E-state index contributed by atoms with van der Waals surface area (Å²) in [6, 6.07) is 3.65. The van der Waals surface area contributed by atoms with Crippen LogP contribution in [-0.4, -0.2) is 38.3 Å². The molecule has 1 amide bonds. The van der Waals surface area contributed by atoms with Crippen molar-refractivity contribution in [1.82, 2.24) is 20.1 Å². The third-order valence-corrected chi connectivity index (χ3v) is 4.61. The van der Waals surface area contributed by atoms with Crippen LogP contribution in [-0.2, 0) is 4.79 Å². The third kappa shape index (κ3) is 3.62. The van der Waals surface area contributed by atoms with Crippen LogP contribution in [0.3, 0.4) is 0 Å². The van der Waals surface area contributed by atoms with Crippen molar-refractivity contribution in [3.63, 3.8) is 0 Å². The van der Waals surface area contributed by atoms with Gasteiger partial charge in [0, 0.05) is 18.2 Å². The number of furan rings is 1. The number of carbonyl (C=O) groups is 2. The van der Waals surface area contributed by atoms with Crippen molar-refractivity contribution in [3.8, 4) is 11.3 Å². The van der Waals surface area contributed by atoms with E-state index >= 15 is 0 Å². The average molecular weight is 384 g/mol. The number of pyridine rings is 1. The highest BCUT2D eigenvalue weighted by molar-refractivity contribution is 6.06. The predicted octanol–water partition coefficient (Wildman–Crippen LogP) is 3.34. The number of amides is 1. The first-order valence-corrected chi connectivity index (χ1v) is 9.15. The lowest BCUT2D eigenvalue weighted by molar-refractivity contribution is -0.140. The highest BCUT2D eigenvalue weighted by Gasteiger charge is 2.21. The van der Waals surface area contributed by atoms with Gasteiger partial charge in [0.1, 0.15) is 11.5 Å². The van der Waals surface area contributed by atoms with Crippen molar-refractivity contribution < 1.29 is 19.1 Å². The van der Waals surface area contributed by atoms with Gasteiger partial charge in [0.05, 0.1) is 28.8 Å². The molecule has 3 heterocycles. The first-order chi connectivity index (χ1) is 13.2. The minimum absolute atomic E-state index is 0.0372. The standard InChI is InChI=1S/C20H24N4O4/c1-10(2)24-18-16(9-22-24)15(19(25)21-8-11(3)20(26)27)7-17(23-18)14-6-12(4)28-13(14)5/h6-7,9-11H,8H2,1-5H3,(H,21,25)(H,26,27). The number of nitrogens with zero attached hydrogens (tertiary/aromatic N) is 3. The zero-order chi connectivity index (χ0) is 20.6. The Morgan fingerprint density at radius 1 is 1.25 bits per heavy atom. The minimum atomic E-state index is -0.960. The van der Waals surface area contributed by atoms with Gasteiger partial charge in [-0.3, -0.25) is 9.59 Å². The molecule has 148 valence electrons.